The normalized spacial score (nSPS) is 11.3. The van der Waals surface area contributed by atoms with Crippen LogP contribution in [0.3, 0.4) is 0 Å². The topological polar surface area (TPSA) is 67.3 Å². The van der Waals surface area contributed by atoms with E-state index in [9.17, 15) is 18.0 Å². The summed E-state index contributed by atoms with van der Waals surface area (Å²) in [6.45, 7) is 16.8. The molecule has 230 valence electrons. The van der Waals surface area contributed by atoms with Crippen LogP contribution < -0.4 is 10.1 Å². The van der Waals surface area contributed by atoms with Crippen molar-refractivity contribution in [3.05, 3.63) is 83.0 Å². The predicted molar refractivity (Wildman–Crippen MR) is 168 cm³/mol. The predicted octanol–water partition coefficient (Wildman–Crippen LogP) is 8.59. The van der Waals surface area contributed by atoms with Gasteiger partial charge in [0.05, 0.1) is 11.3 Å². The lowest BCUT2D eigenvalue weighted by Gasteiger charge is -2.20. The smallest absolute Gasteiger partial charge is 0.416 e. The Kier molecular flexibility index (Phi) is 15.6. The number of amides is 1. The van der Waals surface area contributed by atoms with Crippen molar-refractivity contribution >= 4 is 23.0 Å². The Morgan fingerprint density at radius 2 is 1.64 bits per heavy atom. The minimum Gasteiger partial charge on any atom is -0.487 e. The minimum atomic E-state index is -4.40. The van der Waals surface area contributed by atoms with Gasteiger partial charge in [0.25, 0.3) is 5.91 Å². The van der Waals surface area contributed by atoms with Gasteiger partial charge in [0, 0.05) is 37.3 Å². The lowest BCUT2D eigenvalue weighted by molar-refractivity contribution is -0.137. The van der Waals surface area contributed by atoms with Gasteiger partial charge in [0.2, 0.25) is 0 Å². The van der Waals surface area contributed by atoms with E-state index in [1.54, 1.807) is 30.3 Å². The Labute approximate surface area is 252 Å². The second kappa shape index (κ2) is 18.0. The van der Waals surface area contributed by atoms with Crippen molar-refractivity contribution in [1.29, 1.82) is 0 Å². The van der Waals surface area contributed by atoms with Crippen LogP contribution in [-0.4, -0.2) is 47.4 Å². The molecule has 0 bridgehead atoms. The zero-order valence-corrected chi connectivity index (χ0v) is 26.6. The van der Waals surface area contributed by atoms with Gasteiger partial charge in [0.15, 0.2) is 5.82 Å². The molecule has 0 aliphatic heterocycles. The quantitative estimate of drug-likeness (QED) is 0.222. The molecule has 1 aromatic heterocycles. The highest BCUT2D eigenvalue weighted by Gasteiger charge is 2.30. The highest BCUT2D eigenvalue weighted by atomic mass is 32.1. The fraction of sp³-hybridized carbons (Fsp3) is 0.406. The molecule has 1 N–H and O–H groups in total. The molecule has 6 nitrogen and oxygen atoms in total. The van der Waals surface area contributed by atoms with Crippen molar-refractivity contribution in [2.75, 3.05) is 27.2 Å². The van der Waals surface area contributed by atoms with Gasteiger partial charge in [-0.15, -0.1) is 0 Å². The molecule has 1 amide bonds. The first kappa shape index (κ1) is 36.4. The van der Waals surface area contributed by atoms with Gasteiger partial charge in [-0.05, 0) is 60.3 Å². The maximum atomic E-state index is 12.8. The highest BCUT2D eigenvalue weighted by molar-refractivity contribution is 7.06. The summed E-state index contributed by atoms with van der Waals surface area (Å²) in [5.41, 5.74) is 2.03. The summed E-state index contributed by atoms with van der Waals surface area (Å²) in [7, 11) is 3.67. The molecule has 3 rings (SSSR count). The summed E-state index contributed by atoms with van der Waals surface area (Å²) >= 11 is 1.20. The highest BCUT2D eigenvalue weighted by Crippen LogP contribution is 2.31. The van der Waals surface area contributed by atoms with Crippen LogP contribution >= 0.6 is 11.5 Å². The summed E-state index contributed by atoms with van der Waals surface area (Å²) in [5.74, 6) is 1.22. The number of alkyl halides is 3. The van der Waals surface area contributed by atoms with E-state index in [-0.39, 0.29) is 12.5 Å². The number of nitrogens with one attached hydrogen (secondary N) is 1. The first-order valence-corrected chi connectivity index (χ1v) is 14.8. The third kappa shape index (κ3) is 11.0. The summed E-state index contributed by atoms with van der Waals surface area (Å²) in [6, 6.07) is 11.7. The van der Waals surface area contributed by atoms with Gasteiger partial charge in [-0.2, -0.15) is 17.5 Å². The second-order valence-electron chi connectivity index (χ2n) is 9.21. The van der Waals surface area contributed by atoms with Crippen LogP contribution in [0.25, 0.3) is 17.0 Å². The van der Waals surface area contributed by atoms with Crippen LogP contribution in [0, 0.1) is 5.92 Å². The molecule has 0 aliphatic rings. The fourth-order valence-corrected chi connectivity index (χ4v) is 4.21. The number of hydrogen-bond donors (Lipinski definition) is 1. The molecule has 1 heterocycles. The maximum Gasteiger partial charge on any atom is 0.416 e. The third-order valence-corrected chi connectivity index (χ3v) is 6.43. The van der Waals surface area contributed by atoms with Gasteiger partial charge >= 0.3 is 6.18 Å². The van der Waals surface area contributed by atoms with Crippen LogP contribution in [0.15, 0.2) is 66.9 Å². The lowest BCUT2D eigenvalue weighted by Crippen LogP contribution is -2.25. The number of ether oxygens (including phenoxy) is 1. The van der Waals surface area contributed by atoms with Gasteiger partial charge in [-0.25, -0.2) is 4.98 Å². The van der Waals surface area contributed by atoms with Crippen LogP contribution in [0.5, 0.6) is 5.75 Å². The zero-order valence-electron chi connectivity index (χ0n) is 25.8. The van der Waals surface area contributed by atoms with E-state index >= 15 is 0 Å². The minimum absolute atomic E-state index is 0.0925. The Morgan fingerprint density at radius 3 is 2.14 bits per heavy atom. The van der Waals surface area contributed by atoms with Crippen LogP contribution in [-0.2, 0) is 6.18 Å². The Bertz CT molecular complexity index is 1270. The second-order valence-corrected chi connectivity index (χ2v) is 9.96. The zero-order chi connectivity index (χ0) is 31.9. The molecule has 0 atom stereocenters. The fourth-order valence-electron chi connectivity index (χ4n) is 3.47. The van der Waals surface area contributed by atoms with Gasteiger partial charge < -0.3 is 15.0 Å². The van der Waals surface area contributed by atoms with Crippen molar-refractivity contribution in [3.63, 3.8) is 0 Å². The van der Waals surface area contributed by atoms with Crippen LogP contribution in [0.4, 0.5) is 13.2 Å². The number of aromatic nitrogens is 2. The molecule has 42 heavy (non-hydrogen) atoms. The molecular formula is C32H43F3N4O2S. The number of benzene rings is 2. The molecule has 10 heteroatoms. The molecule has 0 saturated carbocycles. The average molecular weight is 605 g/mol. The average Bonchev–Trinajstić information content (AvgIpc) is 3.46. The molecule has 0 fully saturated rings. The van der Waals surface area contributed by atoms with E-state index in [0.29, 0.717) is 40.2 Å². The molecule has 0 saturated heterocycles. The molecule has 2 aromatic carbocycles. The summed E-state index contributed by atoms with van der Waals surface area (Å²) in [6.07, 6.45) is -1.84. The summed E-state index contributed by atoms with van der Waals surface area (Å²) < 4.78 is 48.7. The standard InChI is InChI=1S/C28H31F3N4O2S.2C2H6/c1-6-23(24(35(4)5)17-37-22-13-11-21(12-14-22)28(29,30)31)27-33-25(34-38-27)19-7-9-20(10-8-19)26(36)32-16-15-18(2)3;2*1-2/h6-14,18H,1,15-17H2,2-5H3,(H,32,36);2*1-2H3/b24-23+;;. The van der Waals surface area contributed by atoms with Crippen molar-refractivity contribution in [1.82, 2.24) is 19.6 Å². The first-order chi connectivity index (χ1) is 20.0. The number of allylic oxidation sites excluding steroid dienone is 2. The number of likely N-dealkylation sites (N-methyl/N-ethyl adjacent to an activating group) is 1. The molecular weight excluding hydrogens is 561 g/mol. The number of halogens is 3. The Balaban J connectivity index is 0.00000211. The van der Waals surface area contributed by atoms with E-state index in [4.69, 9.17) is 4.74 Å². The largest absolute Gasteiger partial charge is 0.487 e. The molecule has 0 aliphatic carbocycles. The summed E-state index contributed by atoms with van der Waals surface area (Å²) in [4.78, 5) is 18.9. The van der Waals surface area contributed by atoms with Gasteiger partial charge in [0.1, 0.15) is 17.4 Å². The van der Waals surface area contributed by atoms with E-state index in [1.165, 1.54) is 23.7 Å². The summed E-state index contributed by atoms with van der Waals surface area (Å²) in [5, 5.41) is 3.54. The van der Waals surface area contributed by atoms with E-state index in [1.807, 2.05) is 46.7 Å². The van der Waals surface area contributed by atoms with Crippen molar-refractivity contribution in [2.45, 2.75) is 54.1 Å². The van der Waals surface area contributed by atoms with E-state index in [2.05, 4.69) is 35.1 Å². The monoisotopic (exact) mass is 604 g/mol. The number of carbonyl (C=O) groups excluding carboxylic acids is 1. The first-order valence-electron chi connectivity index (χ1n) is 14.0. The number of nitrogens with zero attached hydrogens (tertiary/aromatic N) is 3. The van der Waals surface area contributed by atoms with Crippen molar-refractivity contribution in [3.8, 4) is 17.1 Å². The number of hydrogen-bond acceptors (Lipinski definition) is 6. The Hall–Kier alpha value is -3.66. The van der Waals surface area contributed by atoms with Crippen molar-refractivity contribution in [2.24, 2.45) is 5.92 Å². The van der Waals surface area contributed by atoms with Crippen molar-refractivity contribution < 1.29 is 22.7 Å². The SMILES string of the molecule is C=C/C(=C(/COc1ccc(C(F)(F)F)cc1)N(C)C)c1nc(-c2ccc(C(=O)NCCC(C)C)cc2)ns1.CC.CC. The third-order valence-electron chi connectivity index (χ3n) is 5.68. The van der Waals surface area contributed by atoms with Crippen LogP contribution in [0.1, 0.15) is 68.9 Å². The van der Waals surface area contributed by atoms with E-state index in [0.717, 1.165) is 29.8 Å². The van der Waals surface area contributed by atoms with Gasteiger partial charge in [-0.1, -0.05) is 66.3 Å². The molecule has 3 aromatic rings. The van der Waals surface area contributed by atoms with Gasteiger partial charge in [-0.3, -0.25) is 4.79 Å². The number of carbonyl (C=O) groups is 1. The van der Waals surface area contributed by atoms with E-state index < -0.39 is 11.7 Å². The molecule has 0 radical (unpaired) electrons. The molecule has 0 spiro atoms. The Morgan fingerprint density at radius 1 is 1.05 bits per heavy atom. The molecule has 0 unspecified atom stereocenters. The lowest BCUT2D eigenvalue weighted by atomic mass is 10.1. The number of rotatable bonds is 11. The van der Waals surface area contributed by atoms with Crippen LogP contribution in [0.2, 0.25) is 0 Å². The maximum absolute atomic E-state index is 12.8.